The molecule has 27 heavy (non-hydrogen) atoms. The third-order valence-corrected chi connectivity index (χ3v) is 4.23. The quantitative estimate of drug-likeness (QED) is 0.575. The van der Waals surface area contributed by atoms with Gasteiger partial charge in [0.25, 0.3) is 5.91 Å². The molecule has 8 heteroatoms. The molecular formula is C19H19N3O5. The zero-order valence-electron chi connectivity index (χ0n) is 14.7. The number of nitrogens with zero attached hydrogens (tertiary/aromatic N) is 1. The summed E-state index contributed by atoms with van der Waals surface area (Å²) in [7, 11) is 0. The highest BCUT2D eigenvalue weighted by molar-refractivity contribution is 5.97. The van der Waals surface area contributed by atoms with E-state index in [-0.39, 0.29) is 29.9 Å². The van der Waals surface area contributed by atoms with Crippen molar-refractivity contribution in [3.63, 3.8) is 0 Å². The van der Waals surface area contributed by atoms with E-state index in [2.05, 4.69) is 10.6 Å². The average Bonchev–Trinajstić information content (AvgIpc) is 3.48. The molecule has 0 bridgehead atoms. The van der Waals surface area contributed by atoms with Gasteiger partial charge in [-0.25, -0.2) is 0 Å². The number of carbonyl (C=O) groups is 2. The number of nitro groups is 1. The summed E-state index contributed by atoms with van der Waals surface area (Å²) in [5, 5.41) is 16.5. The Kier molecular flexibility index (Phi) is 5.35. The number of hydrogen-bond donors (Lipinski definition) is 2. The standard InChI is InChI=1S/C19H19N3O5/c1-12-14(5-4-6-15(12)21-19(24)13-9-10-13)20-18(23)11-27-17-8-3-2-7-16(17)22(25)26/h2-8,13H,9-11H2,1H3,(H,20,23)(H,21,24). The highest BCUT2D eigenvalue weighted by atomic mass is 16.6. The van der Waals surface area contributed by atoms with Crippen LogP contribution in [0.5, 0.6) is 5.75 Å². The van der Waals surface area contributed by atoms with Crippen molar-refractivity contribution in [3.8, 4) is 5.75 Å². The van der Waals surface area contributed by atoms with Crippen LogP contribution in [0.4, 0.5) is 17.1 Å². The topological polar surface area (TPSA) is 111 Å². The van der Waals surface area contributed by atoms with Gasteiger partial charge in [-0.1, -0.05) is 18.2 Å². The van der Waals surface area contributed by atoms with Crippen LogP contribution in [0.2, 0.25) is 0 Å². The van der Waals surface area contributed by atoms with Crippen molar-refractivity contribution in [2.24, 2.45) is 5.92 Å². The second-order valence-electron chi connectivity index (χ2n) is 6.30. The molecule has 0 atom stereocenters. The Balaban J connectivity index is 1.62. The van der Waals surface area contributed by atoms with E-state index in [4.69, 9.17) is 4.74 Å². The van der Waals surface area contributed by atoms with Gasteiger partial charge in [0.05, 0.1) is 4.92 Å². The van der Waals surface area contributed by atoms with E-state index in [9.17, 15) is 19.7 Å². The first-order valence-electron chi connectivity index (χ1n) is 8.52. The Morgan fingerprint density at radius 1 is 1.11 bits per heavy atom. The summed E-state index contributed by atoms with van der Waals surface area (Å²) in [5.74, 6) is -0.360. The van der Waals surface area contributed by atoms with Gasteiger partial charge in [-0.15, -0.1) is 0 Å². The minimum atomic E-state index is -0.566. The van der Waals surface area contributed by atoms with E-state index < -0.39 is 10.8 Å². The SMILES string of the molecule is Cc1c(NC(=O)COc2ccccc2[N+](=O)[O-])cccc1NC(=O)C1CC1. The lowest BCUT2D eigenvalue weighted by molar-refractivity contribution is -0.385. The Labute approximate surface area is 155 Å². The van der Waals surface area contributed by atoms with Gasteiger partial charge in [0.1, 0.15) is 0 Å². The molecular weight excluding hydrogens is 350 g/mol. The number of hydrogen-bond acceptors (Lipinski definition) is 5. The van der Waals surface area contributed by atoms with Gasteiger partial charge in [-0.3, -0.25) is 19.7 Å². The first-order chi connectivity index (χ1) is 13.0. The first-order valence-corrected chi connectivity index (χ1v) is 8.52. The molecule has 1 saturated carbocycles. The smallest absolute Gasteiger partial charge is 0.310 e. The van der Waals surface area contributed by atoms with E-state index in [0.717, 1.165) is 18.4 Å². The molecule has 0 aromatic heterocycles. The van der Waals surface area contributed by atoms with Crippen molar-refractivity contribution in [2.75, 3.05) is 17.2 Å². The van der Waals surface area contributed by atoms with Crippen molar-refractivity contribution in [3.05, 3.63) is 58.1 Å². The van der Waals surface area contributed by atoms with Crippen molar-refractivity contribution in [1.82, 2.24) is 0 Å². The van der Waals surface area contributed by atoms with Gasteiger partial charge < -0.3 is 15.4 Å². The lowest BCUT2D eigenvalue weighted by Gasteiger charge is -2.13. The largest absolute Gasteiger partial charge is 0.477 e. The van der Waals surface area contributed by atoms with Gasteiger partial charge in [-0.05, 0) is 43.5 Å². The number of amides is 2. The molecule has 0 unspecified atom stereocenters. The maximum atomic E-state index is 12.2. The summed E-state index contributed by atoms with van der Waals surface area (Å²) in [5.41, 5.74) is 1.71. The van der Waals surface area contributed by atoms with Crippen LogP contribution in [0.1, 0.15) is 18.4 Å². The van der Waals surface area contributed by atoms with E-state index in [0.29, 0.717) is 11.4 Å². The van der Waals surface area contributed by atoms with E-state index >= 15 is 0 Å². The zero-order chi connectivity index (χ0) is 19.4. The number of benzene rings is 2. The van der Waals surface area contributed by atoms with Crippen LogP contribution in [0, 0.1) is 23.0 Å². The number of anilines is 2. The second-order valence-corrected chi connectivity index (χ2v) is 6.30. The van der Waals surface area contributed by atoms with Crippen LogP contribution in [0.25, 0.3) is 0 Å². The van der Waals surface area contributed by atoms with Gasteiger partial charge in [-0.2, -0.15) is 0 Å². The molecule has 1 aliphatic carbocycles. The average molecular weight is 369 g/mol. The van der Waals surface area contributed by atoms with Crippen molar-refractivity contribution in [1.29, 1.82) is 0 Å². The molecule has 0 saturated heterocycles. The number of para-hydroxylation sites is 2. The van der Waals surface area contributed by atoms with E-state index in [1.54, 1.807) is 31.2 Å². The molecule has 2 aromatic rings. The molecule has 0 heterocycles. The summed E-state index contributed by atoms with van der Waals surface area (Å²) in [6, 6.07) is 11.1. The fourth-order valence-electron chi connectivity index (χ4n) is 2.55. The minimum Gasteiger partial charge on any atom is -0.477 e. The minimum absolute atomic E-state index is 0.0127. The maximum Gasteiger partial charge on any atom is 0.310 e. The molecule has 0 aliphatic heterocycles. The number of carbonyl (C=O) groups excluding carboxylic acids is 2. The monoisotopic (exact) mass is 369 g/mol. The summed E-state index contributed by atoms with van der Waals surface area (Å²) in [4.78, 5) is 34.5. The maximum absolute atomic E-state index is 12.2. The third-order valence-electron chi connectivity index (χ3n) is 4.23. The summed E-state index contributed by atoms with van der Waals surface area (Å²) >= 11 is 0. The molecule has 0 spiro atoms. The lowest BCUT2D eigenvalue weighted by atomic mass is 10.1. The number of rotatable bonds is 7. The Morgan fingerprint density at radius 2 is 1.78 bits per heavy atom. The second kappa shape index (κ2) is 7.86. The van der Waals surface area contributed by atoms with Crippen LogP contribution in [0.15, 0.2) is 42.5 Å². The molecule has 1 aliphatic rings. The predicted molar refractivity (Wildman–Crippen MR) is 99.8 cm³/mol. The number of nitrogens with one attached hydrogen (secondary N) is 2. The highest BCUT2D eigenvalue weighted by Crippen LogP contribution is 2.31. The van der Waals surface area contributed by atoms with Crippen molar-refractivity contribution in [2.45, 2.75) is 19.8 Å². The Morgan fingerprint density at radius 3 is 2.44 bits per heavy atom. The van der Waals surface area contributed by atoms with Crippen LogP contribution in [-0.4, -0.2) is 23.3 Å². The molecule has 2 N–H and O–H groups in total. The molecule has 140 valence electrons. The predicted octanol–water partition coefficient (Wildman–Crippen LogP) is 3.27. The summed E-state index contributed by atoms with van der Waals surface area (Å²) < 4.78 is 5.28. The lowest BCUT2D eigenvalue weighted by Crippen LogP contribution is -2.21. The number of nitro benzene ring substituents is 1. The van der Waals surface area contributed by atoms with Crippen LogP contribution in [0.3, 0.4) is 0 Å². The summed E-state index contributed by atoms with van der Waals surface area (Å²) in [6.45, 7) is 1.42. The van der Waals surface area contributed by atoms with Gasteiger partial charge in [0, 0.05) is 23.4 Å². The Bertz CT molecular complexity index is 893. The molecule has 2 aromatic carbocycles. The molecule has 2 amide bonds. The molecule has 0 radical (unpaired) electrons. The highest BCUT2D eigenvalue weighted by Gasteiger charge is 2.29. The van der Waals surface area contributed by atoms with E-state index in [1.165, 1.54) is 18.2 Å². The van der Waals surface area contributed by atoms with Crippen molar-refractivity contribution >= 4 is 28.9 Å². The third kappa shape index (κ3) is 4.60. The van der Waals surface area contributed by atoms with Crippen LogP contribution >= 0.6 is 0 Å². The fourth-order valence-corrected chi connectivity index (χ4v) is 2.55. The van der Waals surface area contributed by atoms with Crippen LogP contribution < -0.4 is 15.4 Å². The van der Waals surface area contributed by atoms with Gasteiger partial charge in [0.2, 0.25) is 5.91 Å². The Hall–Kier alpha value is -3.42. The van der Waals surface area contributed by atoms with Crippen molar-refractivity contribution < 1.29 is 19.2 Å². The molecule has 8 nitrogen and oxygen atoms in total. The normalized spacial score (nSPS) is 12.9. The van der Waals surface area contributed by atoms with Crippen LogP contribution in [-0.2, 0) is 9.59 Å². The van der Waals surface area contributed by atoms with E-state index in [1.807, 2.05) is 0 Å². The summed E-state index contributed by atoms with van der Waals surface area (Å²) in [6.07, 6.45) is 1.81. The zero-order valence-corrected chi connectivity index (χ0v) is 14.7. The number of ether oxygens (including phenoxy) is 1. The first kappa shape index (κ1) is 18.4. The van der Waals surface area contributed by atoms with Gasteiger partial charge >= 0.3 is 5.69 Å². The molecule has 3 rings (SSSR count). The van der Waals surface area contributed by atoms with Gasteiger partial charge in [0.15, 0.2) is 12.4 Å². The fraction of sp³-hybridized carbons (Fsp3) is 0.263. The molecule has 1 fully saturated rings.